The van der Waals surface area contributed by atoms with E-state index in [1.165, 1.54) is 38.5 Å². The van der Waals surface area contributed by atoms with Gasteiger partial charge in [-0.1, -0.05) is 56.7 Å². The number of amides is 1. The van der Waals surface area contributed by atoms with Gasteiger partial charge in [-0.3, -0.25) is 9.59 Å². The van der Waals surface area contributed by atoms with Crippen molar-refractivity contribution in [2.45, 2.75) is 95.7 Å². The molecular formula is C32H42N4O4. The van der Waals surface area contributed by atoms with Crippen LogP contribution in [0, 0.1) is 11.8 Å². The molecule has 214 valence electrons. The average Bonchev–Trinajstić information content (AvgIpc) is 2.97. The van der Waals surface area contributed by atoms with Gasteiger partial charge in [0.1, 0.15) is 17.5 Å². The van der Waals surface area contributed by atoms with Crippen LogP contribution in [-0.4, -0.2) is 39.9 Å². The Labute approximate surface area is 237 Å². The van der Waals surface area contributed by atoms with E-state index >= 15 is 0 Å². The molecule has 0 bridgehead atoms. The number of aliphatic imine (C=N–C) groups is 1. The first-order valence-corrected chi connectivity index (χ1v) is 15.0. The Hall–Kier alpha value is -3.55. The van der Waals surface area contributed by atoms with Crippen molar-refractivity contribution in [1.82, 2.24) is 10.2 Å². The molecule has 4 N–H and O–H groups in total. The van der Waals surface area contributed by atoms with Crippen LogP contribution in [0.25, 0.3) is 0 Å². The van der Waals surface area contributed by atoms with Crippen LogP contribution in [-0.2, 0) is 16.1 Å². The Morgan fingerprint density at radius 1 is 0.950 bits per heavy atom. The van der Waals surface area contributed by atoms with Gasteiger partial charge in [0.25, 0.3) is 0 Å². The monoisotopic (exact) mass is 546 g/mol. The molecule has 40 heavy (non-hydrogen) atoms. The molecule has 8 heteroatoms. The molecule has 3 aliphatic rings. The minimum absolute atomic E-state index is 0.122. The highest BCUT2D eigenvalue weighted by Crippen LogP contribution is 2.37. The maximum absolute atomic E-state index is 14.0. The summed E-state index contributed by atoms with van der Waals surface area (Å²) >= 11 is 0. The Balaban J connectivity index is 1.37. The van der Waals surface area contributed by atoms with E-state index < -0.39 is 12.0 Å². The molecule has 0 radical (unpaired) electrons. The predicted octanol–water partition coefficient (Wildman–Crippen LogP) is 6.12. The van der Waals surface area contributed by atoms with Crippen LogP contribution in [0.5, 0.6) is 11.5 Å². The second-order valence-corrected chi connectivity index (χ2v) is 11.6. The fourth-order valence-electron chi connectivity index (χ4n) is 6.76. The average molecular weight is 547 g/mol. The van der Waals surface area contributed by atoms with E-state index in [4.69, 9.17) is 10.5 Å². The van der Waals surface area contributed by atoms with Crippen molar-refractivity contribution < 1.29 is 19.4 Å². The fourth-order valence-corrected chi connectivity index (χ4v) is 6.76. The summed E-state index contributed by atoms with van der Waals surface area (Å²) in [4.78, 5) is 32.0. The van der Waals surface area contributed by atoms with Crippen molar-refractivity contribution in [1.29, 1.82) is 0 Å². The summed E-state index contributed by atoms with van der Waals surface area (Å²) in [5.41, 5.74) is 8.05. The molecular weight excluding hydrogens is 504 g/mol. The van der Waals surface area contributed by atoms with E-state index in [2.05, 4.69) is 10.3 Å². The van der Waals surface area contributed by atoms with Crippen LogP contribution in [0.15, 0.2) is 53.5 Å². The van der Waals surface area contributed by atoms with E-state index in [0.717, 1.165) is 42.7 Å². The molecule has 2 aromatic carbocycles. The fraction of sp³-hybridized carbons (Fsp3) is 0.531. The highest BCUT2D eigenvalue weighted by Gasteiger charge is 2.37. The van der Waals surface area contributed by atoms with Crippen molar-refractivity contribution in [3.63, 3.8) is 0 Å². The summed E-state index contributed by atoms with van der Waals surface area (Å²) in [7, 11) is 0. The van der Waals surface area contributed by atoms with Crippen LogP contribution >= 0.6 is 0 Å². The molecule has 1 aliphatic heterocycles. The van der Waals surface area contributed by atoms with Gasteiger partial charge < -0.3 is 25.8 Å². The third-order valence-electron chi connectivity index (χ3n) is 8.83. The number of hydrogen-bond acceptors (Lipinski definition) is 6. The summed E-state index contributed by atoms with van der Waals surface area (Å²) in [5, 5.41) is 13.0. The number of carboxylic acids is 1. The Morgan fingerprint density at radius 3 is 2.23 bits per heavy atom. The SMILES string of the molecule is NC1=Nc2ccc(Oc3ccccc3)cc2CN1C(CCC(=O)O)C(=O)NC(C1CCCCC1)C1CCCCC1. The lowest BCUT2D eigenvalue weighted by atomic mass is 9.73. The lowest BCUT2D eigenvalue weighted by Gasteiger charge is -2.40. The van der Waals surface area contributed by atoms with Crippen molar-refractivity contribution in [3.8, 4) is 11.5 Å². The zero-order chi connectivity index (χ0) is 27.9. The Morgan fingerprint density at radius 2 is 1.60 bits per heavy atom. The lowest BCUT2D eigenvalue weighted by molar-refractivity contribution is -0.137. The highest BCUT2D eigenvalue weighted by molar-refractivity contribution is 5.91. The summed E-state index contributed by atoms with van der Waals surface area (Å²) < 4.78 is 6.03. The molecule has 8 nitrogen and oxygen atoms in total. The third-order valence-corrected chi connectivity index (χ3v) is 8.83. The standard InChI is InChI=1S/C32H42N4O4/c33-32-34-27-17-16-26(40-25-14-8-3-9-15-25)20-24(27)21-36(32)28(18-19-29(37)38)31(39)35-30(22-10-4-1-5-11-22)23-12-6-2-7-13-23/h3,8-9,14-17,20,22-23,28,30H,1-2,4-7,10-13,18-19,21H2,(H2,33,34)(H,35,39)(H,37,38). The topological polar surface area (TPSA) is 117 Å². The van der Waals surface area contributed by atoms with Gasteiger partial charge in [0.2, 0.25) is 5.91 Å². The van der Waals surface area contributed by atoms with Crippen LogP contribution in [0.2, 0.25) is 0 Å². The van der Waals surface area contributed by atoms with Gasteiger partial charge >= 0.3 is 5.97 Å². The number of ether oxygens (including phenoxy) is 1. The second-order valence-electron chi connectivity index (χ2n) is 11.6. The number of nitrogens with two attached hydrogens (primary N) is 1. The molecule has 0 saturated heterocycles. The van der Waals surface area contributed by atoms with Gasteiger partial charge in [-0.05, 0) is 74.3 Å². The molecule has 1 amide bonds. The maximum Gasteiger partial charge on any atom is 0.303 e. The minimum atomic E-state index is -0.930. The molecule has 0 aromatic heterocycles. The number of nitrogens with one attached hydrogen (secondary N) is 1. The van der Waals surface area contributed by atoms with Crippen LogP contribution in [0.4, 0.5) is 5.69 Å². The number of benzene rings is 2. The number of carbonyl (C=O) groups excluding carboxylic acids is 1. The van der Waals surface area contributed by atoms with Crippen molar-refractivity contribution in [3.05, 3.63) is 54.1 Å². The van der Waals surface area contributed by atoms with E-state index in [0.29, 0.717) is 24.1 Å². The van der Waals surface area contributed by atoms with Gasteiger partial charge in [-0.2, -0.15) is 0 Å². The number of guanidine groups is 1. The van der Waals surface area contributed by atoms with Crippen LogP contribution in [0.3, 0.4) is 0 Å². The molecule has 2 fully saturated rings. The summed E-state index contributed by atoms with van der Waals surface area (Å²) in [6, 6.07) is 14.6. The Bertz CT molecular complexity index is 1170. The summed E-state index contributed by atoms with van der Waals surface area (Å²) in [5.74, 6) is 1.52. The van der Waals surface area contributed by atoms with Gasteiger partial charge in [-0.15, -0.1) is 0 Å². The zero-order valence-corrected chi connectivity index (χ0v) is 23.3. The largest absolute Gasteiger partial charge is 0.481 e. The van der Waals surface area contributed by atoms with Crippen LogP contribution in [0.1, 0.15) is 82.6 Å². The molecule has 2 aromatic rings. The summed E-state index contributed by atoms with van der Waals surface area (Å²) in [6.45, 7) is 0.353. The van der Waals surface area contributed by atoms with Gasteiger partial charge in [-0.25, -0.2) is 4.99 Å². The quantitative estimate of drug-likeness (QED) is 0.331. The van der Waals surface area contributed by atoms with E-state index in [1.807, 2.05) is 48.5 Å². The number of carbonyl (C=O) groups is 2. The molecule has 5 rings (SSSR count). The summed E-state index contributed by atoms with van der Waals surface area (Å²) in [6.07, 6.45) is 12.0. The highest BCUT2D eigenvalue weighted by atomic mass is 16.5. The number of aliphatic carboxylic acids is 1. The number of nitrogens with zero attached hydrogens (tertiary/aromatic N) is 2. The number of rotatable bonds is 10. The lowest BCUT2D eigenvalue weighted by Crippen LogP contribution is -2.56. The smallest absolute Gasteiger partial charge is 0.303 e. The van der Waals surface area contributed by atoms with Crippen molar-refractivity contribution >= 4 is 23.5 Å². The number of fused-ring (bicyclic) bond motifs is 1. The maximum atomic E-state index is 14.0. The number of hydrogen-bond donors (Lipinski definition) is 3. The predicted molar refractivity (Wildman–Crippen MR) is 156 cm³/mol. The first-order chi connectivity index (χ1) is 19.5. The Kier molecular flexibility index (Phi) is 9.24. The minimum Gasteiger partial charge on any atom is -0.481 e. The third kappa shape index (κ3) is 6.95. The molecule has 2 aliphatic carbocycles. The molecule has 1 unspecified atom stereocenters. The van der Waals surface area contributed by atoms with E-state index in [1.54, 1.807) is 4.90 Å². The van der Waals surface area contributed by atoms with Crippen molar-refractivity contribution in [2.24, 2.45) is 22.6 Å². The first kappa shape index (κ1) is 28.0. The van der Waals surface area contributed by atoms with E-state index in [-0.39, 0.29) is 30.8 Å². The number of carboxylic acid groups (broad SMARTS) is 1. The molecule has 1 heterocycles. The van der Waals surface area contributed by atoms with E-state index in [9.17, 15) is 14.7 Å². The molecule has 1 atom stereocenters. The first-order valence-electron chi connectivity index (χ1n) is 15.0. The zero-order valence-electron chi connectivity index (χ0n) is 23.3. The van der Waals surface area contributed by atoms with Gasteiger partial charge in [0.05, 0.1) is 5.69 Å². The van der Waals surface area contributed by atoms with Crippen molar-refractivity contribution in [2.75, 3.05) is 0 Å². The van der Waals surface area contributed by atoms with Gasteiger partial charge in [0, 0.05) is 24.6 Å². The number of para-hydroxylation sites is 1. The van der Waals surface area contributed by atoms with Gasteiger partial charge in [0.15, 0.2) is 5.96 Å². The normalized spacial score (nSPS) is 19.0. The van der Waals surface area contributed by atoms with Crippen LogP contribution < -0.4 is 15.8 Å². The second kappa shape index (κ2) is 13.2. The molecule has 0 spiro atoms. The molecule has 2 saturated carbocycles.